The third kappa shape index (κ3) is 3.39. The summed E-state index contributed by atoms with van der Waals surface area (Å²) in [6, 6.07) is 26.9. The third-order valence-corrected chi connectivity index (χ3v) is 8.84. The Labute approximate surface area is 199 Å². The molecule has 2 aliphatic carbocycles. The molecule has 3 aliphatic rings. The van der Waals surface area contributed by atoms with Gasteiger partial charge in [-0.3, -0.25) is 4.99 Å². The minimum atomic E-state index is 0.217. The van der Waals surface area contributed by atoms with Crippen molar-refractivity contribution < 1.29 is 0 Å². The molecule has 3 aromatic rings. The van der Waals surface area contributed by atoms with Crippen molar-refractivity contribution in [1.29, 1.82) is 0 Å². The van der Waals surface area contributed by atoms with E-state index >= 15 is 0 Å². The molecule has 2 atom stereocenters. The van der Waals surface area contributed by atoms with E-state index in [-0.39, 0.29) is 5.41 Å². The molecule has 0 N–H and O–H groups in total. The Kier molecular flexibility index (Phi) is 5.24. The Bertz CT molecular complexity index is 1170. The number of rotatable bonds is 4. The first-order valence-electron chi connectivity index (χ1n) is 13.0. The SMILES string of the molecule is CC(C)(C1CCCC1)C1C2=NCCCC2c2c(-c3ccccc3)ccc(-c3ccccc3)c21. The first-order chi connectivity index (χ1) is 16.2. The van der Waals surface area contributed by atoms with Gasteiger partial charge in [-0.05, 0) is 70.4 Å². The van der Waals surface area contributed by atoms with Crippen LogP contribution in [-0.2, 0) is 0 Å². The molecule has 33 heavy (non-hydrogen) atoms. The summed E-state index contributed by atoms with van der Waals surface area (Å²) in [4.78, 5) is 5.31. The van der Waals surface area contributed by atoms with Crippen LogP contribution in [0.3, 0.4) is 0 Å². The van der Waals surface area contributed by atoms with Gasteiger partial charge in [0.2, 0.25) is 0 Å². The summed E-state index contributed by atoms with van der Waals surface area (Å²) in [5.41, 5.74) is 10.4. The second-order valence-electron chi connectivity index (χ2n) is 11.0. The van der Waals surface area contributed by atoms with Crippen molar-refractivity contribution in [2.45, 2.75) is 64.2 Å². The van der Waals surface area contributed by atoms with Gasteiger partial charge < -0.3 is 0 Å². The molecular weight excluding hydrogens is 398 g/mol. The van der Waals surface area contributed by atoms with Crippen molar-refractivity contribution in [3.63, 3.8) is 0 Å². The van der Waals surface area contributed by atoms with Crippen molar-refractivity contribution in [2.75, 3.05) is 6.54 Å². The lowest BCUT2D eigenvalue weighted by Gasteiger charge is -2.40. The number of hydrogen-bond donors (Lipinski definition) is 0. The predicted molar refractivity (Wildman–Crippen MR) is 140 cm³/mol. The standard InChI is InChI=1S/C32H35N/c1-32(2,24-16-9-10-17-24)30-29-26(23-14-7-4-8-15-23)20-19-25(22-12-5-3-6-13-22)28(29)27-18-11-21-33-31(27)30/h3-8,12-15,19-20,24,27,30H,9-11,16-18,21H2,1-2H3. The molecule has 0 spiro atoms. The highest BCUT2D eigenvalue weighted by Gasteiger charge is 2.50. The maximum Gasteiger partial charge on any atom is 0.0389 e. The first kappa shape index (κ1) is 20.9. The van der Waals surface area contributed by atoms with Crippen molar-refractivity contribution in [1.82, 2.24) is 0 Å². The fourth-order valence-corrected chi connectivity index (χ4v) is 7.21. The third-order valence-electron chi connectivity index (χ3n) is 8.84. The fourth-order valence-electron chi connectivity index (χ4n) is 7.21. The van der Waals surface area contributed by atoms with Crippen LogP contribution in [0.25, 0.3) is 22.3 Å². The van der Waals surface area contributed by atoms with Gasteiger partial charge in [-0.15, -0.1) is 0 Å². The molecule has 1 heterocycles. The van der Waals surface area contributed by atoms with E-state index in [2.05, 4.69) is 86.6 Å². The maximum atomic E-state index is 5.31. The smallest absolute Gasteiger partial charge is 0.0389 e. The number of fused-ring (bicyclic) bond motifs is 3. The van der Waals surface area contributed by atoms with Gasteiger partial charge in [-0.2, -0.15) is 0 Å². The summed E-state index contributed by atoms with van der Waals surface area (Å²) in [6.07, 6.45) is 7.96. The topological polar surface area (TPSA) is 12.4 Å². The second-order valence-corrected chi connectivity index (χ2v) is 11.0. The molecule has 1 saturated carbocycles. The normalized spacial score (nSPS) is 22.7. The number of benzene rings is 3. The molecule has 1 nitrogen and oxygen atoms in total. The molecule has 2 unspecified atom stereocenters. The van der Waals surface area contributed by atoms with Crippen LogP contribution >= 0.6 is 0 Å². The molecule has 1 fully saturated rings. The molecule has 168 valence electrons. The molecule has 0 saturated heterocycles. The van der Waals surface area contributed by atoms with E-state index in [9.17, 15) is 0 Å². The van der Waals surface area contributed by atoms with Crippen LogP contribution in [0.5, 0.6) is 0 Å². The summed E-state index contributed by atoms with van der Waals surface area (Å²) in [5.74, 6) is 1.67. The van der Waals surface area contributed by atoms with E-state index in [1.807, 2.05) is 0 Å². The Morgan fingerprint density at radius 3 is 1.85 bits per heavy atom. The van der Waals surface area contributed by atoms with Crippen LogP contribution in [0.15, 0.2) is 77.8 Å². The summed E-state index contributed by atoms with van der Waals surface area (Å²) in [5, 5.41) is 0. The lowest BCUT2D eigenvalue weighted by Crippen LogP contribution is -2.34. The highest BCUT2D eigenvalue weighted by molar-refractivity contribution is 6.06. The van der Waals surface area contributed by atoms with E-state index in [1.54, 1.807) is 11.1 Å². The summed E-state index contributed by atoms with van der Waals surface area (Å²) in [7, 11) is 0. The van der Waals surface area contributed by atoms with Gasteiger partial charge in [0, 0.05) is 24.1 Å². The Morgan fingerprint density at radius 1 is 0.667 bits per heavy atom. The maximum absolute atomic E-state index is 5.31. The lowest BCUT2D eigenvalue weighted by molar-refractivity contribution is 0.200. The molecule has 1 aliphatic heterocycles. The van der Waals surface area contributed by atoms with Crippen molar-refractivity contribution in [3.8, 4) is 22.3 Å². The van der Waals surface area contributed by atoms with Crippen LogP contribution in [-0.4, -0.2) is 12.3 Å². The number of hydrogen-bond acceptors (Lipinski definition) is 1. The van der Waals surface area contributed by atoms with Gasteiger partial charge in [-0.1, -0.05) is 99.5 Å². The van der Waals surface area contributed by atoms with Gasteiger partial charge in [0.15, 0.2) is 0 Å². The highest BCUT2D eigenvalue weighted by Crippen LogP contribution is 2.60. The highest BCUT2D eigenvalue weighted by atomic mass is 14.8. The molecule has 1 heteroatoms. The second kappa shape index (κ2) is 8.28. The van der Waals surface area contributed by atoms with Crippen LogP contribution in [0.2, 0.25) is 0 Å². The largest absolute Gasteiger partial charge is 0.293 e. The Morgan fingerprint density at radius 2 is 1.24 bits per heavy atom. The molecular formula is C32H35N. The quantitative estimate of drug-likeness (QED) is 0.390. The number of aliphatic imine (C=N–C) groups is 1. The van der Waals surface area contributed by atoms with Crippen LogP contribution in [0.1, 0.15) is 75.3 Å². The molecule has 6 rings (SSSR count). The van der Waals surface area contributed by atoms with E-state index in [1.165, 1.54) is 66.5 Å². The minimum absolute atomic E-state index is 0.217. The monoisotopic (exact) mass is 433 g/mol. The van der Waals surface area contributed by atoms with Crippen LogP contribution in [0.4, 0.5) is 0 Å². The lowest BCUT2D eigenvalue weighted by atomic mass is 9.64. The molecule has 3 aromatic carbocycles. The van der Waals surface area contributed by atoms with Crippen LogP contribution in [0, 0.1) is 11.3 Å². The minimum Gasteiger partial charge on any atom is -0.293 e. The average Bonchev–Trinajstić information content (AvgIpc) is 3.52. The zero-order valence-corrected chi connectivity index (χ0v) is 20.1. The number of nitrogens with zero attached hydrogens (tertiary/aromatic N) is 1. The molecule has 0 amide bonds. The van der Waals surface area contributed by atoms with Crippen molar-refractivity contribution in [3.05, 3.63) is 83.9 Å². The predicted octanol–water partition coefficient (Wildman–Crippen LogP) is 8.65. The molecule has 0 radical (unpaired) electrons. The first-order valence-corrected chi connectivity index (χ1v) is 13.0. The summed E-state index contributed by atoms with van der Waals surface area (Å²) < 4.78 is 0. The summed E-state index contributed by atoms with van der Waals surface area (Å²) >= 11 is 0. The van der Waals surface area contributed by atoms with Crippen molar-refractivity contribution in [2.24, 2.45) is 16.3 Å². The fraction of sp³-hybridized carbons (Fsp3) is 0.406. The zero-order valence-electron chi connectivity index (χ0n) is 20.1. The van der Waals surface area contributed by atoms with E-state index in [4.69, 9.17) is 4.99 Å². The average molecular weight is 434 g/mol. The van der Waals surface area contributed by atoms with Gasteiger partial charge in [0.05, 0.1) is 0 Å². The van der Waals surface area contributed by atoms with E-state index in [0.717, 1.165) is 12.5 Å². The van der Waals surface area contributed by atoms with Gasteiger partial charge >= 0.3 is 0 Å². The summed E-state index contributed by atoms with van der Waals surface area (Å²) in [6.45, 7) is 6.11. The van der Waals surface area contributed by atoms with Gasteiger partial charge in [-0.25, -0.2) is 0 Å². The zero-order chi connectivity index (χ0) is 22.4. The van der Waals surface area contributed by atoms with Gasteiger partial charge in [0.1, 0.15) is 0 Å². The molecule has 0 bridgehead atoms. The van der Waals surface area contributed by atoms with Crippen molar-refractivity contribution >= 4 is 5.71 Å². The van der Waals surface area contributed by atoms with Crippen LogP contribution < -0.4 is 0 Å². The Balaban J connectivity index is 1.64. The van der Waals surface area contributed by atoms with E-state index in [0.29, 0.717) is 11.8 Å². The Hall–Kier alpha value is -2.67. The van der Waals surface area contributed by atoms with Gasteiger partial charge in [0.25, 0.3) is 0 Å². The molecule has 0 aromatic heterocycles. The van der Waals surface area contributed by atoms with E-state index < -0.39 is 0 Å².